The molecule has 0 spiro atoms. The molecule has 2 heterocycles. The second-order valence-electron chi connectivity index (χ2n) is 9.22. The maximum absolute atomic E-state index is 13.7. The van der Waals surface area contributed by atoms with E-state index in [4.69, 9.17) is 16.3 Å². The molecule has 7 heteroatoms. The molecule has 3 aromatic carbocycles. The van der Waals surface area contributed by atoms with Crippen molar-refractivity contribution in [2.45, 2.75) is 39.8 Å². The highest BCUT2D eigenvalue weighted by Crippen LogP contribution is 2.46. The highest BCUT2D eigenvalue weighted by molar-refractivity contribution is 6.31. The lowest BCUT2D eigenvalue weighted by molar-refractivity contribution is 0.0730. The Balaban J connectivity index is 1.62. The van der Waals surface area contributed by atoms with Gasteiger partial charge in [-0.1, -0.05) is 60.5 Å². The molecule has 1 aliphatic rings. The van der Waals surface area contributed by atoms with Crippen molar-refractivity contribution in [1.29, 1.82) is 0 Å². The maximum atomic E-state index is 13.7. The molecule has 2 N–H and O–H groups in total. The molecule has 0 saturated heterocycles. The van der Waals surface area contributed by atoms with Crippen LogP contribution in [0.3, 0.4) is 0 Å². The topological polar surface area (TPSA) is 78.5 Å². The molecule has 36 heavy (non-hydrogen) atoms. The number of H-pyrrole nitrogens is 1. The number of aromatic amines is 1. The van der Waals surface area contributed by atoms with E-state index < -0.39 is 6.04 Å². The largest absolute Gasteiger partial charge is 0.507 e. The number of phenols is 1. The van der Waals surface area contributed by atoms with Crippen LogP contribution < -0.4 is 4.74 Å². The molecule has 0 bridgehead atoms. The van der Waals surface area contributed by atoms with Gasteiger partial charge in [-0.3, -0.25) is 9.89 Å². The lowest BCUT2D eigenvalue weighted by Gasteiger charge is -2.27. The standard InChI is InChI=1S/C29H28ClN3O3/c1-4-13-36-21-11-9-20(10-12-21)28-25-26(22-15-23(30)18(3)14-24(22)34)31-32-27(25)29(35)33(28)16-19-7-5-17(2)6-8-19/h5-12,14-15,28,34H,4,13,16H2,1-3H3,(H,31,32). The number of hydrogen-bond acceptors (Lipinski definition) is 4. The van der Waals surface area contributed by atoms with Crippen LogP contribution in [-0.4, -0.2) is 32.7 Å². The first-order valence-electron chi connectivity index (χ1n) is 12.0. The zero-order valence-electron chi connectivity index (χ0n) is 20.5. The molecule has 0 saturated carbocycles. The molecule has 4 aromatic rings. The number of halogens is 1. The summed E-state index contributed by atoms with van der Waals surface area (Å²) >= 11 is 6.40. The van der Waals surface area contributed by atoms with Crippen molar-refractivity contribution in [2.75, 3.05) is 6.61 Å². The quantitative estimate of drug-likeness (QED) is 0.299. The van der Waals surface area contributed by atoms with Gasteiger partial charge in [0.15, 0.2) is 0 Å². The molecule has 1 amide bonds. The normalized spacial score (nSPS) is 14.8. The monoisotopic (exact) mass is 501 g/mol. The summed E-state index contributed by atoms with van der Waals surface area (Å²) in [4.78, 5) is 15.5. The summed E-state index contributed by atoms with van der Waals surface area (Å²) in [6.45, 7) is 7.01. The van der Waals surface area contributed by atoms with Crippen LogP contribution in [0.2, 0.25) is 5.02 Å². The Hall–Kier alpha value is -3.77. The summed E-state index contributed by atoms with van der Waals surface area (Å²) < 4.78 is 5.77. The number of amides is 1. The lowest BCUT2D eigenvalue weighted by atomic mass is 9.95. The average Bonchev–Trinajstić information content (AvgIpc) is 3.41. The Kier molecular flexibility index (Phi) is 6.46. The molecule has 5 rings (SSSR count). The van der Waals surface area contributed by atoms with Crippen LogP contribution in [-0.2, 0) is 6.54 Å². The van der Waals surface area contributed by atoms with Crippen LogP contribution in [0.25, 0.3) is 11.3 Å². The van der Waals surface area contributed by atoms with Crippen molar-refractivity contribution in [3.8, 4) is 22.8 Å². The van der Waals surface area contributed by atoms with Crippen LogP contribution in [0, 0.1) is 13.8 Å². The van der Waals surface area contributed by atoms with Gasteiger partial charge in [0.2, 0.25) is 0 Å². The van der Waals surface area contributed by atoms with Crippen LogP contribution in [0.1, 0.15) is 57.7 Å². The Morgan fingerprint density at radius 2 is 1.81 bits per heavy atom. The minimum absolute atomic E-state index is 0.0673. The lowest BCUT2D eigenvalue weighted by Crippen LogP contribution is -2.29. The number of phenolic OH excluding ortho intramolecular Hbond substituents is 1. The van der Waals surface area contributed by atoms with E-state index in [2.05, 4.69) is 17.1 Å². The Morgan fingerprint density at radius 1 is 1.08 bits per heavy atom. The van der Waals surface area contributed by atoms with Crippen LogP contribution in [0.15, 0.2) is 60.7 Å². The fraction of sp³-hybridized carbons (Fsp3) is 0.241. The number of carbonyl (C=O) groups is 1. The minimum atomic E-state index is -0.401. The Bertz CT molecular complexity index is 1410. The zero-order valence-corrected chi connectivity index (χ0v) is 21.3. The first kappa shape index (κ1) is 23.9. The molecule has 1 unspecified atom stereocenters. The van der Waals surface area contributed by atoms with E-state index in [1.165, 1.54) is 0 Å². The average molecular weight is 502 g/mol. The second kappa shape index (κ2) is 9.70. The van der Waals surface area contributed by atoms with E-state index in [9.17, 15) is 9.90 Å². The van der Waals surface area contributed by atoms with E-state index >= 15 is 0 Å². The molecule has 6 nitrogen and oxygen atoms in total. The highest BCUT2D eigenvalue weighted by atomic mass is 35.5. The van der Waals surface area contributed by atoms with Crippen molar-refractivity contribution in [1.82, 2.24) is 15.1 Å². The number of aromatic nitrogens is 2. The van der Waals surface area contributed by atoms with E-state index in [0.717, 1.165) is 40.0 Å². The molecule has 184 valence electrons. The number of nitrogens with one attached hydrogen (secondary N) is 1. The fourth-order valence-electron chi connectivity index (χ4n) is 4.62. The number of benzene rings is 3. The SMILES string of the molecule is CCCOc1ccc(C2c3c(-c4cc(Cl)c(C)cc4O)n[nH]c3C(=O)N2Cc2ccc(C)cc2)cc1. The Morgan fingerprint density at radius 3 is 2.50 bits per heavy atom. The maximum Gasteiger partial charge on any atom is 0.273 e. The molecule has 0 fully saturated rings. The van der Waals surface area contributed by atoms with Crippen molar-refractivity contribution in [2.24, 2.45) is 0 Å². The molecule has 0 aliphatic carbocycles. The van der Waals surface area contributed by atoms with Gasteiger partial charge < -0.3 is 14.7 Å². The minimum Gasteiger partial charge on any atom is -0.507 e. The van der Waals surface area contributed by atoms with Gasteiger partial charge in [0.05, 0.1) is 12.6 Å². The molecule has 0 radical (unpaired) electrons. The zero-order chi connectivity index (χ0) is 25.4. The van der Waals surface area contributed by atoms with Gasteiger partial charge in [-0.25, -0.2) is 0 Å². The van der Waals surface area contributed by atoms with E-state index in [1.54, 1.807) is 12.1 Å². The number of aromatic hydroxyl groups is 1. The predicted octanol–water partition coefficient (Wildman–Crippen LogP) is 6.59. The summed E-state index contributed by atoms with van der Waals surface area (Å²) in [6.07, 6.45) is 0.924. The number of nitrogens with zero attached hydrogens (tertiary/aromatic N) is 2. The van der Waals surface area contributed by atoms with Gasteiger partial charge in [0, 0.05) is 22.7 Å². The summed E-state index contributed by atoms with van der Waals surface area (Å²) in [5.41, 5.74) is 6.03. The Labute approximate surface area is 215 Å². The molecular weight excluding hydrogens is 474 g/mol. The van der Waals surface area contributed by atoms with Crippen molar-refractivity contribution < 1.29 is 14.6 Å². The molecule has 1 aliphatic heterocycles. The second-order valence-corrected chi connectivity index (χ2v) is 9.63. The van der Waals surface area contributed by atoms with Gasteiger partial charge in [-0.05, 0) is 61.2 Å². The number of carbonyl (C=O) groups excluding carboxylic acids is 1. The molecular formula is C29H28ClN3O3. The first-order valence-corrected chi connectivity index (χ1v) is 12.4. The highest BCUT2D eigenvalue weighted by Gasteiger charge is 2.42. The van der Waals surface area contributed by atoms with Gasteiger partial charge >= 0.3 is 0 Å². The smallest absolute Gasteiger partial charge is 0.273 e. The fourth-order valence-corrected chi connectivity index (χ4v) is 4.79. The number of rotatable bonds is 7. The van der Waals surface area contributed by atoms with Crippen molar-refractivity contribution >= 4 is 17.5 Å². The first-order chi connectivity index (χ1) is 17.4. The summed E-state index contributed by atoms with van der Waals surface area (Å²) in [5.74, 6) is 0.710. The third kappa shape index (κ3) is 4.33. The van der Waals surface area contributed by atoms with Crippen molar-refractivity contribution in [3.05, 3.63) is 99.2 Å². The van der Waals surface area contributed by atoms with Gasteiger partial charge in [0.1, 0.15) is 22.9 Å². The van der Waals surface area contributed by atoms with Crippen molar-refractivity contribution in [3.63, 3.8) is 0 Å². The summed E-state index contributed by atoms with van der Waals surface area (Å²) in [7, 11) is 0. The number of fused-ring (bicyclic) bond motifs is 1. The third-order valence-electron chi connectivity index (χ3n) is 6.54. The van der Waals surface area contributed by atoms with Crippen LogP contribution >= 0.6 is 11.6 Å². The predicted molar refractivity (Wildman–Crippen MR) is 141 cm³/mol. The number of hydrogen-bond donors (Lipinski definition) is 2. The molecule has 1 atom stereocenters. The summed E-state index contributed by atoms with van der Waals surface area (Å²) in [5, 5.41) is 18.7. The van der Waals surface area contributed by atoms with Crippen LogP contribution in [0.4, 0.5) is 0 Å². The van der Waals surface area contributed by atoms with Gasteiger partial charge in [-0.2, -0.15) is 5.10 Å². The van der Waals surface area contributed by atoms with E-state index in [1.807, 2.05) is 67.3 Å². The van der Waals surface area contributed by atoms with Gasteiger partial charge in [0.25, 0.3) is 5.91 Å². The van der Waals surface area contributed by atoms with Gasteiger partial charge in [-0.15, -0.1) is 0 Å². The third-order valence-corrected chi connectivity index (χ3v) is 6.95. The number of ether oxygens (including phenoxy) is 1. The van der Waals surface area contributed by atoms with E-state index in [0.29, 0.717) is 35.1 Å². The van der Waals surface area contributed by atoms with E-state index in [-0.39, 0.29) is 11.7 Å². The molecule has 1 aromatic heterocycles. The van der Waals surface area contributed by atoms with Crippen LogP contribution in [0.5, 0.6) is 11.5 Å². The summed E-state index contributed by atoms with van der Waals surface area (Å²) in [6, 6.07) is 18.9. The number of aryl methyl sites for hydroxylation is 2.